The van der Waals surface area contributed by atoms with Crippen molar-refractivity contribution < 1.29 is 33.4 Å². The van der Waals surface area contributed by atoms with Gasteiger partial charge in [-0.1, -0.05) is 6.07 Å². The third-order valence-corrected chi connectivity index (χ3v) is 3.45. The quantitative estimate of drug-likeness (QED) is 0.604. The zero-order valence-corrected chi connectivity index (χ0v) is 14.9. The van der Waals surface area contributed by atoms with Crippen molar-refractivity contribution in [3.8, 4) is 11.5 Å². The minimum absolute atomic E-state index is 0.0961. The van der Waals surface area contributed by atoms with Gasteiger partial charge in [-0.3, -0.25) is 9.59 Å². The number of rotatable bonds is 9. The lowest BCUT2D eigenvalue weighted by Crippen LogP contribution is -2.28. The molecule has 0 saturated carbocycles. The van der Waals surface area contributed by atoms with Crippen LogP contribution in [0.2, 0.25) is 0 Å². The van der Waals surface area contributed by atoms with E-state index in [1.165, 1.54) is 19.2 Å². The van der Waals surface area contributed by atoms with Gasteiger partial charge in [-0.25, -0.2) is 4.79 Å². The number of carbonyl (C=O) groups is 3. The molecule has 0 bridgehead atoms. The molecule has 0 spiro atoms. The van der Waals surface area contributed by atoms with E-state index in [2.05, 4.69) is 10.6 Å². The zero-order chi connectivity index (χ0) is 19.8. The number of hydrogen-bond donors (Lipinski definition) is 3. The fourth-order valence-corrected chi connectivity index (χ4v) is 2.18. The smallest absolute Gasteiger partial charge is 0.371 e. The fraction of sp³-hybridized carbons (Fsp3) is 0.278. The Morgan fingerprint density at radius 1 is 1.07 bits per heavy atom. The first-order valence-electron chi connectivity index (χ1n) is 8.12. The van der Waals surface area contributed by atoms with Crippen LogP contribution in [0.5, 0.6) is 11.5 Å². The Kier molecular flexibility index (Phi) is 6.81. The first kappa shape index (κ1) is 19.8. The Balaban J connectivity index is 1.97. The highest BCUT2D eigenvalue weighted by Crippen LogP contribution is 2.28. The van der Waals surface area contributed by atoms with Gasteiger partial charge in [0.25, 0.3) is 11.8 Å². The summed E-state index contributed by atoms with van der Waals surface area (Å²) in [5, 5.41) is 14.0. The monoisotopic (exact) mass is 376 g/mol. The predicted molar refractivity (Wildman–Crippen MR) is 94.0 cm³/mol. The topological polar surface area (TPSA) is 127 Å². The zero-order valence-electron chi connectivity index (χ0n) is 14.9. The molecule has 1 aromatic carbocycles. The molecule has 2 aromatic rings. The summed E-state index contributed by atoms with van der Waals surface area (Å²) < 4.78 is 15.6. The Morgan fingerprint density at radius 2 is 1.81 bits per heavy atom. The lowest BCUT2D eigenvalue weighted by atomic mass is 10.2. The third-order valence-electron chi connectivity index (χ3n) is 3.45. The van der Waals surface area contributed by atoms with E-state index in [1.54, 1.807) is 18.2 Å². The van der Waals surface area contributed by atoms with Crippen LogP contribution in [0.4, 0.5) is 0 Å². The largest absolute Gasteiger partial charge is 0.493 e. The molecule has 0 aliphatic heterocycles. The average molecular weight is 376 g/mol. The average Bonchev–Trinajstić information content (AvgIpc) is 3.15. The van der Waals surface area contributed by atoms with Crippen molar-refractivity contribution in [3.05, 3.63) is 47.4 Å². The molecule has 3 N–H and O–H groups in total. The van der Waals surface area contributed by atoms with Crippen molar-refractivity contribution in [3.63, 3.8) is 0 Å². The predicted octanol–water partition coefficient (Wildman–Crippen LogP) is 1.43. The summed E-state index contributed by atoms with van der Waals surface area (Å²) in [6, 6.07) is 7.51. The molecule has 0 unspecified atom stereocenters. The van der Waals surface area contributed by atoms with Crippen molar-refractivity contribution in [1.82, 2.24) is 10.6 Å². The summed E-state index contributed by atoms with van der Waals surface area (Å²) in [5.41, 5.74) is 0.718. The van der Waals surface area contributed by atoms with Crippen LogP contribution < -0.4 is 20.1 Å². The van der Waals surface area contributed by atoms with Crippen molar-refractivity contribution in [2.24, 2.45) is 0 Å². The molecule has 0 aliphatic rings. The van der Waals surface area contributed by atoms with Gasteiger partial charge in [0.05, 0.1) is 7.11 Å². The first-order chi connectivity index (χ1) is 12.9. The maximum atomic E-state index is 12.0. The van der Waals surface area contributed by atoms with Crippen LogP contribution in [-0.4, -0.2) is 43.2 Å². The normalized spacial score (nSPS) is 10.1. The molecule has 0 radical (unpaired) electrons. The fourth-order valence-electron chi connectivity index (χ4n) is 2.18. The SMILES string of the molecule is CCNC(=O)COc1ccc(CNC(=O)c2ccc(C(=O)O)o2)cc1OC. The molecule has 1 heterocycles. The molecule has 2 amide bonds. The molecule has 27 heavy (non-hydrogen) atoms. The number of carboxylic acid groups (broad SMARTS) is 1. The van der Waals surface area contributed by atoms with E-state index in [-0.39, 0.29) is 30.6 Å². The van der Waals surface area contributed by atoms with Crippen LogP contribution in [0.25, 0.3) is 0 Å². The van der Waals surface area contributed by atoms with Gasteiger partial charge in [0.1, 0.15) is 0 Å². The molecule has 0 saturated heterocycles. The van der Waals surface area contributed by atoms with E-state index in [0.29, 0.717) is 18.0 Å². The van der Waals surface area contributed by atoms with Crippen LogP contribution in [0.15, 0.2) is 34.7 Å². The van der Waals surface area contributed by atoms with Crippen LogP contribution in [0, 0.1) is 0 Å². The molecule has 2 rings (SSSR count). The summed E-state index contributed by atoms with van der Waals surface area (Å²) in [7, 11) is 1.47. The van der Waals surface area contributed by atoms with E-state index in [1.807, 2.05) is 6.92 Å². The van der Waals surface area contributed by atoms with Gasteiger partial charge in [-0.15, -0.1) is 0 Å². The number of carboxylic acids is 1. The van der Waals surface area contributed by atoms with Gasteiger partial charge >= 0.3 is 5.97 Å². The number of ether oxygens (including phenoxy) is 2. The van der Waals surface area contributed by atoms with Crippen LogP contribution in [-0.2, 0) is 11.3 Å². The Labute approximate surface area is 155 Å². The standard InChI is InChI=1S/C18H20N2O7/c1-3-19-16(21)10-26-12-5-4-11(8-15(12)25-2)9-20-17(22)13-6-7-14(27-13)18(23)24/h4-8H,3,9-10H2,1-2H3,(H,19,21)(H,20,22)(H,23,24). The molecule has 0 atom stereocenters. The minimum atomic E-state index is -1.25. The van der Waals surface area contributed by atoms with Crippen LogP contribution in [0.1, 0.15) is 33.6 Å². The molecular formula is C18H20N2O7. The van der Waals surface area contributed by atoms with E-state index >= 15 is 0 Å². The van der Waals surface area contributed by atoms with Crippen LogP contribution >= 0.6 is 0 Å². The number of methoxy groups -OCH3 is 1. The summed E-state index contributed by atoms with van der Waals surface area (Å²) >= 11 is 0. The van der Waals surface area contributed by atoms with Gasteiger partial charge in [-0.2, -0.15) is 0 Å². The van der Waals surface area contributed by atoms with Crippen LogP contribution in [0.3, 0.4) is 0 Å². The highest BCUT2D eigenvalue weighted by Gasteiger charge is 2.15. The number of nitrogens with one attached hydrogen (secondary N) is 2. The number of furan rings is 1. The van der Waals surface area contributed by atoms with Crippen molar-refractivity contribution in [2.45, 2.75) is 13.5 Å². The number of benzene rings is 1. The van der Waals surface area contributed by atoms with E-state index in [9.17, 15) is 14.4 Å². The van der Waals surface area contributed by atoms with Gasteiger partial charge in [0, 0.05) is 13.1 Å². The summed E-state index contributed by atoms with van der Waals surface area (Å²) in [4.78, 5) is 34.3. The summed E-state index contributed by atoms with van der Waals surface area (Å²) in [5.74, 6) is -1.63. The van der Waals surface area contributed by atoms with E-state index < -0.39 is 11.9 Å². The molecule has 144 valence electrons. The van der Waals surface area contributed by atoms with Crippen molar-refractivity contribution in [1.29, 1.82) is 0 Å². The second-order valence-corrected chi connectivity index (χ2v) is 5.38. The molecule has 9 heteroatoms. The van der Waals surface area contributed by atoms with Gasteiger partial charge < -0.3 is 29.6 Å². The van der Waals surface area contributed by atoms with Crippen molar-refractivity contribution in [2.75, 3.05) is 20.3 Å². The highest BCUT2D eigenvalue weighted by atomic mass is 16.5. The Bertz CT molecular complexity index is 829. The van der Waals surface area contributed by atoms with E-state index in [0.717, 1.165) is 5.56 Å². The number of hydrogen-bond acceptors (Lipinski definition) is 6. The number of likely N-dealkylation sites (N-methyl/N-ethyl adjacent to an activating group) is 1. The molecule has 0 aliphatic carbocycles. The van der Waals surface area contributed by atoms with Gasteiger partial charge in [0.15, 0.2) is 23.9 Å². The maximum absolute atomic E-state index is 12.0. The Morgan fingerprint density at radius 3 is 2.44 bits per heavy atom. The number of carbonyl (C=O) groups excluding carboxylic acids is 2. The molecule has 0 fully saturated rings. The lowest BCUT2D eigenvalue weighted by molar-refractivity contribution is -0.123. The molecule has 9 nitrogen and oxygen atoms in total. The maximum Gasteiger partial charge on any atom is 0.371 e. The van der Waals surface area contributed by atoms with E-state index in [4.69, 9.17) is 19.0 Å². The third kappa shape index (κ3) is 5.50. The van der Waals surface area contributed by atoms with Gasteiger partial charge in [0.2, 0.25) is 5.76 Å². The molecule has 1 aromatic heterocycles. The second-order valence-electron chi connectivity index (χ2n) is 5.38. The lowest BCUT2D eigenvalue weighted by Gasteiger charge is -2.12. The first-order valence-corrected chi connectivity index (χ1v) is 8.12. The van der Waals surface area contributed by atoms with Gasteiger partial charge in [-0.05, 0) is 36.8 Å². The summed E-state index contributed by atoms with van der Waals surface area (Å²) in [6.45, 7) is 2.36. The minimum Gasteiger partial charge on any atom is -0.493 e. The highest BCUT2D eigenvalue weighted by molar-refractivity contribution is 5.93. The number of amides is 2. The van der Waals surface area contributed by atoms with Crippen molar-refractivity contribution >= 4 is 17.8 Å². The molecular weight excluding hydrogens is 356 g/mol. The second kappa shape index (κ2) is 9.27. The number of aromatic carboxylic acids is 1. The summed E-state index contributed by atoms with van der Waals surface area (Å²) in [6.07, 6.45) is 0. The Hall–Kier alpha value is -3.49.